The van der Waals surface area contributed by atoms with Gasteiger partial charge in [0.25, 0.3) is 5.91 Å². The predicted octanol–water partition coefficient (Wildman–Crippen LogP) is 4.34. The number of imide groups is 1. The fourth-order valence-corrected chi connectivity index (χ4v) is 3.54. The number of alkyl halides is 3. The SMILES string of the molecule is CC1(C)C(=O)N(c2ccc(C#N)c(C(F)(F)F)c2)C(=O)N1CC=CCn1cnc(Br)c1. The van der Waals surface area contributed by atoms with Gasteiger partial charge in [0.2, 0.25) is 0 Å². The Morgan fingerprint density at radius 3 is 2.48 bits per heavy atom. The maximum Gasteiger partial charge on any atom is 0.417 e. The molecule has 0 atom stereocenters. The van der Waals surface area contributed by atoms with E-state index in [1.165, 1.54) is 24.8 Å². The third-order valence-corrected chi connectivity index (χ3v) is 5.29. The number of carbonyl (C=O) groups excluding carboxylic acids is 2. The number of hydrogen-bond donors (Lipinski definition) is 0. The quantitative estimate of drug-likeness (QED) is 0.456. The highest BCUT2D eigenvalue weighted by Crippen LogP contribution is 2.37. The molecule has 0 spiro atoms. The van der Waals surface area contributed by atoms with E-state index in [1.54, 1.807) is 29.2 Å². The topological polar surface area (TPSA) is 82.2 Å². The van der Waals surface area contributed by atoms with Gasteiger partial charge in [-0.15, -0.1) is 0 Å². The number of halogens is 4. The average Bonchev–Trinajstić information content (AvgIpc) is 3.18. The summed E-state index contributed by atoms with van der Waals surface area (Å²) in [5, 5.41) is 8.95. The van der Waals surface area contributed by atoms with Gasteiger partial charge < -0.3 is 9.47 Å². The first-order chi connectivity index (χ1) is 14.5. The highest BCUT2D eigenvalue weighted by molar-refractivity contribution is 9.10. The zero-order chi connectivity index (χ0) is 23.0. The van der Waals surface area contributed by atoms with Crippen LogP contribution in [0.4, 0.5) is 23.7 Å². The summed E-state index contributed by atoms with van der Waals surface area (Å²) in [4.78, 5) is 31.9. The van der Waals surface area contributed by atoms with Crippen LogP contribution < -0.4 is 4.90 Å². The Morgan fingerprint density at radius 1 is 1.23 bits per heavy atom. The number of amides is 3. The van der Waals surface area contributed by atoms with Crippen LogP contribution in [0.1, 0.15) is 25.0 Å². The van der Waals surface area contributed by atoms with Crippen LogP contribution in [0.5, 0.6) is 0 Å². The number of aromatic nitrogens is 2. The van der Waals surface area contributed by atoms with Crippen molar-refractivity contribution in [3.8, 4) is 6.07 Å². The van der Waals surface area contributed by atoms with E-state index in [-0.39, 0.29) is 12.2 Å². The second-order valence-electron chi connectivity index (χ2n) is 7.30. The molecule has 1 fully saturated rings. The lowest BCUT2D eigenvalue weighted by Crippen LogP contribution is -2.44. The summed E-state index contributed by atoms with van der Waals surface area (Å²) in [7, 11) is 0. The van der Waals surface area contributed by atoms with Gasteiger partial charge in [-0.05, 0) is 48.0 Å². The zero-order valence-electron chi connectivity index (χ0n) is 16.5. The van der Waals surface area contributed by atoms with Crippen LogP contribution in [-0.2, 0) is 17.5 Å². The van der Waals surface area contributed by atoms with Crippen molar-refractivity contribution >= 4 is 33.6 Å². The zero-order valence-corrected chi connectivity index (χ0v) is 18.1. The molecule has 3 amide bonds. The number of imidazole rings is 1. The summed E-state index contributed by atoms with van der Waals surface area (Å²) in [6.07, 6.45) is 2.07. The van der Waals surface area contributed by atoms with E-state index < -0.39 is 34.8 Å². The van der Waals surface area contributed by atoms with Crippen molar-refractivity contribution in [2.24, 2.45) is 0 Å². The van der Waals surface area contributed by atoms with E-state index in [4.69, 9.17) is 5.26 Å². The Morgan fingerprint density at radius 2 is 1.90 bits per heavy atom. The molecule has 0 aliphatic carbocycles. The van der Waals surface area contributed by atoms with Crippen molar-refractivity contribution in [2.45, 2.75) is 32.1 Å². The van der Waals surface area contributed by atoms with Gasteiger partial charge in [0.05, 0.1) is 29.2 Å². The second kappa shape index (κ2) is 8.19. The molecule has 2 aromatic rings. The molecule has 1 aromatic carbocycles. The van der Waals surface area contributed by atoms with Crippen molar-refractivity contribution in [3.05, 3.63) is 58.6 Å². The maximum atomic E-state index is 13.3. The molecule has 0 unspecified atom stereocenters. The third kappa shape index (κ3) is 4.34. The number of carbonyl (C=O) groups is 2. The van der Waals surface area contributed by atoms with Gasteiger partial charge in [0.1, 0.15) is 10.1 Å². The molecular weight excluding hydrogens is 479 g/mol. The summed E-state index contributed by atoms with van der Waals surface area (Å²) in [5.74, 6) is -0.651. The van der Waals surface area contributed by atoms with Crippen molar-refractivity contribution < 1.29 is 22.8 Å². The Bertz CT molecular complexity index is 1100. The molecule has 0 N–H and O–H groups in total. The molecule has 162 valence electrons. The van der Waals surface area contributed by atoms with Gasteiger partial charge in [-0.1, -0.05) is 12.2 Å². The first-order valence-corrected chi connectivity index (χ1v) is 9.86. The number of nitriles is 1. The fraction of sp³-hybridized carbons (Fsp3) is 0.300. The van der Waals surface area contributed by atoms with E-state index in [0.717, 1.165) is 17.0 Å². The predicted molar refractivity (Wildman–Crippen MR) is 109 cm³/mol. The summed E-state index contributed by atoms with van der Waals surface area (Å²) in [5.41, 5.74) is -3.27. The van der Waals surface area contributed by atoms with Crippen LogP contribution >= 0.6 is 15.9 Å². The molecule has 3 rings (SSSR count). The van der Waals surface area contributed by atoms with Crippen LogP contribution in [0.3, 0.4) is 0 Å². The molecule has 2 heterocycles. The number of urea groups is 1. The monoisotopic (exact) mass is 495 g/mol. The Balaban J connectivity index is 1.84. The molecule has 31 heavy (non-hydrogen) atoms. The van der Waals surface area contributed by atoms with E-state index in [1.807, 2.05) is 0 Å². The van der Waals surface area contributed by atoms with E-state index >= 15 is 0 Å². The van der Waals surface area contributed by atoms with Crippen molar-refractivity contribution in [1.29, 1.82) is 5.26 Å². The minimum Gasteiger partial charge on any atom is -0.332 e. The lowest BCUT2D eigenvalue weighted by Gasteiger charge is -2.26. The van der Waals surface area contributed by atoms with E-state index in [0.29, 0.717) is 17.2 Å². The molecule has 11 heteroatoms. The summed E-state index contributed by atoms with van der Waals surface area (Å²) in [6, 6.07) is 3.52. The van der Waals surface area contributed by atoms with Crippen molar-refractivity contribution in [2.75, 3.05) is 11.4 Å². The van der Waals surface area contributed by atoms with Gasteiger partial charge in [0.15, 0.2) is 0 Å². The van der Waals surface area contributed by atoms with Crippen LogP contribution in [0, 0.1) is 11.3 Å². The summed E-state index contributed by atoms with van der Waals surface area (Å²) < 4.78 is 42.4. The Kier molecular flexibility index (Phi) is 5.96. The first kappa shape index (κ1) is 22.6. The lowest BCUT2D eigenvalue weighted by molar-refractivity contribution is -0.137. The van der Waals surface area contributed by atoms with Gasteiger partial charge in [0, 0.05) is 19.3 Å². The molecule has 1 aliphatic rings. The number of anilines is 1. The molecule has 0 bridgehead atoms. The molecule has 1 saturated heterocycles. The molecule has 1 aliphatic heterocycles. The van der Waals surface area contributed by atoms with Gasteiger partial charge in [-0.25, -0.2) is 14.7 Å². The maximum absolute atomic E-state index is 13.3. The van der Waals surface area contributed by atoms with Crippen LogP contribution in [0.15, 0.2) is 47.5 Å². The first-order valence-electron chi connectivity index (χ1n) is 9.06. The fourth-order valence-electron chi connectivity index (χ4n) is 3.18. The standard InChI is InChI=1S/C20H17BrF3N5O2/c1-19(2)17(30)29(14-6-5-13(10-25)15(9-14)20(22,23)24)18(31)28(19)8-4-3-7-27-11-16(21)26-12-27/h3-6,9,11-12H,7-8H2,1-2H3. The van der Waals surface area contributed by atoms with E-state index in [2.05, 4.69) is 20.9 Å². The van der Waals surface area contributed by atoms with Gasteiger partial charge in [-0.3, -0.25) is 4.79 Å². The Labute approximate surface area is 184 Å². The molecule has 0 saturated carbocycles. The number of benzene rings is 1. The highest BCUT2D eigenvalue weighted by atomic mass is 79.9. The van der Waals surface area contributed by atoms with Crippen LogP contribution in [-0.4, -0.2) is 38.5 Å². The highest BCUT2D eigenvalue weighted by Gasteiger charge is 2.51. The molecule has 1 aromatic heterocycles. The second-order valence-corrected chi connectivity index (χ2v) is 8.11. The lowest BCUT2D eigenvalue weighted by atomic mass is 10.0. The largest absolute Gasteiger partial charge is 0.417 e. The number of allylic oxidation sites excluding steroid dienone is 1. The summed E-state index contributed by atoms with van der Waals surface area (Å²) >= 11 is 3.24. The van der Waals surface area contributed by atoms with E-state index in [9.17, 15) is 22.8 Å². The van der Waals surface area contributed by atoms with Crippen molar-refractivity contribution in [3.63, 3.8) is 0 Å². The molecule has 0 radical (unpaired) electrons. The average molecular weight is 496 g/mol. The van der Waals surface area contributed by atoms with Gasteiger partial charge in [-0.2, -0.15) is 18.4 Å². The minimum atomic E-state index is -4.80. The number of hydrogen-bond acceptors (Lipinski definition) is 4. The minimum absolute atomic E-state index is 0.0896. The number of nitrogens with zero attached hydrogens (tertiary/aromatic N) is 5. The third-order valence-electron chi connectivity index (χ3n) is 4.88. The van der Waals surface area contributed by atoms with Crippen molar-refractivity contribution in [1.82, 2.24) is 14.5 Å². The van der Waals surface area contributed by atoms with Crippen LogP contribution in [0.25, 0.3) is 0 Å². The summed E-state index contributed by atoms with van der Waals surface area (Å²) in [6.45, 7) is 3.64. The van der Waals surface area contributed by atoms with Crippen LogP contribution in [0.2, 0.25) is 0 Å². The molecule has 7 nitrogen and oxygen atoms in total. The number of rotatable bonds is 5. The smallest absolute Gasteiger partial charge is 0.332 e. The molecular formula is C20H17BrF3N5O2. The Hall–Kier alpha value is -3.13. The van der Waals surface area contributed by atoms with Gasteiger partial charge >= 0.3 is 12.2 Å². The normalized spacial score (nSPS) is 16.4.